The Morgan fingerprint density at radius 3 is 2.68 bits per heavy atom. The molecular weight excluding hydrogens is 442 g/mol. The molecule has 2 saturated heterocycles. The fourth-order valence-electron chi connectivity index (χ4n) is 4.97. The van der Waals surface area contributed by atoms with Crippen LogP contribution in [0.25, 0.3) is 16.7 Å². The van der Waals surface area contributed by atoms with Crippen LogP contribution in [-0.4, -0.2) is 67.3 Å². The number of aromatic nitrogens is 5. The molecule has 1 N–H and O–H groups in total. The Hall–Kier alpha value is -3.21. The summed E-state index contributed by atoms with van der Waals surface area (Å²) < 4.78 is 29.4. The van der Waals surface area contributed by atoms with Gasteiger partial charge in [-0.3, -0.25) is 9.69 Å². The number of hydrogen-bond donors (Lipinski definition) is 1. The highest BCUT2D eigenvalue weighted by Gasteiger charge is 2.41. The van der Waals surface area contributed by atoms with Gasteiger partial charge in [-0.05, 0) is 39.3 Å². The molecule has 2 aliphatic rings. The number of amides is 1. The van der Waals surface area contributed by atoms with E-state index >= 15 is 0 Å². The number of likely N-dealkylation sites (tertiary alicyclic amines) is 1. The maximum absolute atomic E-state index is 13.9. The molecule has 180 valence electrons. The first-order valence-corrected chi connectivity index (χ1v) is 11.5. The minimum Gasteiger partial charge on any atom is -0.353 e. The van der Waals surface area contributed by atoms with E-state index in [4.69, 9.17) is 5.10 Å². The largest absolute Gasteiger partial charge is 0.353 e. The van der Waals surface area contributed by atoms with Crippen LogP contribution < -0.4 is 10.2 Å². The summed E-state index contributed by atoms with van der Waals surface area (Å²) in [6.07, 6.45) is 6.43. The molecule has 0 spiro atoms. The first-order chi connectivity index (χ1) is 16.1. The summed E-state index contributed by atoms with van der Waals surface area (Å²) in [6, 6.07) is 3.23. The van der Waals surface area contributed by atoms with Gasteiger partial charge in [-0.1, -0.05) is 0 Å². The van der Waals surface area contributed by atoms with Gasteiger partial charge in [0.05, 0.1) is 10.9 Å². The van der Waals surface area contributed by atoms with Gasteiger partial charge in [0.2, 0.25) is 11.7 Å². The van der Waals surface area contributed by atoms with Gasteiger partial charge in [0.25, 0.3) is 0 Å². The number of anilines is 2. The summed E-state index contributed by atoms with van der Waals surface area (Å²) in [5.41, 5.74) is 0.676. The second kappa shape index (κ2) is 8.23. The first kappa shape index (κ1) is 22.6. The number of carbonyl (C=O) groups excluding carboxylic acids is 1. The molecule has 0 bridgehead atoms. The van der Waals surface area contributed by atoms with Crippen LogP contribution in [0, 0.1) is 0 Å². The zero-order valence-corrected chi connectivity index (χ0v) is 19.6. The number of nitrogens with one attached hydrogen (secondary N) is 1. The van der Waals surface area contributed by atoms with Crippen molar-refractivity contribution in [3.05, 3.63) is 30.4 Å². The Morgan fingerprint density at radius 1 is 1.21 bits per heavy atom. The second-order valence-corrected chi connectivity index (χ2v) is 9.49. The number of hydrogen-bond acceptors (Lipinski definition) is 7. The standard InChI is InChI=1S/C23H28F2N8O/c1-15(34)28-18-12-17-16(13-27-18)20(31-11-7-22(2,14-31)32-9-4-5-10-32)30-33(17)19-6-8-26-21(29-19)23(3,24)25/h6,8,12-13H,4-5,7,9-11,14H2,1-3H3,(H,27,28,34)/t22-/m0/s1. The maximum atomic E-state index is 13.9. The van der Waals surface area contributed by atoms with Gasteiger partial charge in [-0.2, -0.15) is 8.78 Å². The number of alkyl halides is 2. The maximum Gasteiger partial charge on any atom is 0.303 e. The molecule has 0 radical (unpaired) electrons. The molecule has 5 rings (SSSR count). The van der Waals surface area contributed by atoms with Crippen LogP contribution in [0.2, 0.25) is 0 Å². The van der Waals surface area contributed by atoms with Crippen LogP contribution >= 0.6 is 0 Å². The monoisotopic (exact) mass is 470 g/mol. The van der Waals surface area contributed by atoms with Gasteiger partial charge in [-0.15, -0.1) is 5.10 Å². The zero-order chi connectivity index (χ0) is 24.1. The van der Waals surface area contributed by atoms with Crippen molar-refractivity contribution in [3.8, 4) is 5.82 Å². The molecule has 0 aliphatic carbocycles. The third-order valence-corrected chi connectivity index (χ3v) is 6.72. The fraction of sp³-hybridized carbons (Fsp3) is 0.522. The molecular formula is C23H28F2N8O. The summed E-state index contributed by atoms with van der Waals surface area (Å²) >= 11 is 0. The van der Waals surface area contributed by atoms with Gasteiger partial charge >= 0.3 is 5.92 Å². The van der Waals surface area contributed by atoms with Crippen LogP contribution in [0.1, 0.15) is 45.9 Å². The van der Waals surface area contributed by atoms with Crippen LogP contribution in [0.4, 0.5) is 20.4 Å². The minimum atomic E-state index is -3.18. The SMILES string of the molecule is CC(=O)Nc1cc2c(cn1)c(N1CC[C@](C)(N3CCCC3)C1)nn2-c1ccnc(C(C)(F)F)n1. The quantitative estimate of drug-likeness (QED) is 0.611. The Morgan fingerprint density at radius 2 is 1.97 bits per heavy atom. The molecule has 1 atom stereocenters. The number of nitrogens with zero attached hydrogens (tertiary/aromatic N) is 7. The number of carbonyl (C=O) groups is 1. The number of halogens is 2. The predicted molar refractivity (Wildman–Crippen MR) is 124 cm³/mol. The normalized spacial score (nSPS) is 21.5. The molecule has 3 aromatic heterocycles. The fourth-order valence-corrected chi connectivity index (χ4v) is 4.97. The molecule has 0 saturated carbocycles. The average molecular weight is 471 g/mol. The summed E-state index contributed by atoms with van der Waals surface area (Å²) in [7, 11) is 0. The van der Waals surface area contributed by atoms with E-state index in [-0.39, 0.29) is 17.3 Å². The van der Waals surface area contributed by atoms with Crippen molar-refractivity contribution in [3.63, 3.8) is 0 Å². The smallest absolute Gasteiger partial charge is 0.303 e. The third-order valence-electron chi connectivity index (χ3n) is 6.72. The molecule has 2 aliphatic heterocycles. The molecule has 34 heavy (non-hydrogen) atoms. The Labute approximate surface area is 196 Å². The molecule has 1 amide bonds. The van der Waals surface area contributed by atoms with E-state index in [2.05, 4.69) is 37.0 Å². The highest BCUT2D eigenvalue weighted by atomic mass is 19.3. The lowest BCUT2D eigenvalue weighted by atomic mass is 10.00. The Kier molecular flexibility index (Phi) is 5.46. The molecule has 5 heterocycles. The Bertz CT molecular complexity index is 1230. The zero-order valence-electron chi connectivity index (χ0n) is 19.6. The van der Waals surface area contributed by atoms with E-state index in [0.717, 1.165) is 50.7 Å². The van der Waals surface area contributed by atoms with E-state index in [1.165, 1.54) is 30.6 Å². The highest BCUT2D eigenvalue weighted by molar-refractivity contribution is 5.95. The van der Waals surface area contributed by atoms with Crippen molar-refractivity contribution < 1.29 is 13.6 Å². The van der Waals surface area contributed by atoms with Crippen molar-refractivity contribution in [1.29, 1.82) is 0 Å². The topological polar surface area (TPSA) is 92.1 Å². The van der Waals surface area contributed by atoms with Gasteiger partial charge in [0.1, 0.15) is 5.82 Å². The second-order valence-electron chi connectivity index (χ2n) is 9.49. The van der Waals surface area contributed by atoms with E-state index in [1.807, 2.05) is 0 Å². The van der Waals surface area contributed by atoms with Crippen LogP contribution in [0.15, 0.2) is 24.5 Å². The lowest BCUT2D eigenvalue weighted by Crippen LogP contribution is -2.46. The molecule has 2 fully saturated rings. The number of rotatable bonds is 5. The number of fused-ring (bicyclic) bond motifs is 1. The molecule has 0 unspecified atom stereocenters. The van der Waals surface area contributed by atoms with Crippen molar-refractivity contribution in [2.75, 3.05) is 36.4 Å². The van der Waals surface area contributed by atoms with Crippen LogP contribution in [0.3, 0.4) is 0 Å². The highest BCUT2D eigenvalue weighted by Crippen LogP contribution is 2.37. The summed E-state index contributed by atoms with van der Waals surface area (Å²) in [4.78, 5) is 28.6. The third kappa shape index (κ3) is 4.08. The van der Waals surface area contributed by atoms with Gasteiger partial charge in [-0.25, -0.2) is 19.6 Å². The van der Waals surface area contributed by atoms with Crippen molar-refractivity contribution in [2.24, 2.45) is 0 Å². The van der Waals surface area contributed by atoms with Crippen LogP contribution in [0.5, 0.6) is 0 Å². The molecule has 11 heteroatoms. The average Bonchev–Trinajstić information content (AvgIpc) is 3.52. The van der Waals surface area contributed by atoms with E-state index in [1.54, 1.807) is 18.3 Å². The van der Waals surface area contributed by atoms with E-state index in [0.29, 0.717) is 11.3 Å². The van der Waals surface area contributed by atoms with Crippen molar-refractivity contribution in [1.82, 2.24) is 29.6 Å². The first-order valence-electron chi connectivity index (χ1n) is 11.5. The lowest BCUT2D eigenvalue weighted by molar-refractivity contribution is -0.114. The predicted octanol–water partition coefficient (Wildman–Crippen LogP) is 3.35. The molecule has 0 aromatic carbocycles. The minimum absolute atomic E-state index is 0.0580. The number of pyridine rings is 1. The van der Waals surface area contributed by atoms with Crippen molar-refractivity contribution in [2.45, 2.75) is 51.5 Å². The van der Waals surface area contributed by atoms with Crippen molar-refractivity contribution >= 4 is 28.4 Å². The molecule has 9 nitrogen and oxygen atoms in total. The summed E-state index contributed by atoms with van der Waals surface area (Å²) in [6.45, 7) is 8.32. The Balaban J connectivity index is 1.59. The van der Waals surface area contributed by atoms with Gasteiger partial charge in [0, 0.05) is 57.0 Å². The molecule has 3 aromatic rings. The lowest BCUT2D eigenvalue weighted by Gasteiger charge is -2.35. The van der Waals surface area contributed by atoms with Gasteiger partial charge in [0.15, 0.2) is 11.6 Å². The van der Waals surface area contributed by atoms with E-state index in [9.17, 15) is 13.6 Å². The van der Waals surface area contributed by atoms with Gasteiger partial charge < -0.3 is 10.2 Å². The van der Waals surface area contributed by atoms with Crippen LogP contribution in [-0.2, 0) is 10.7 Å². The summed E-state index contributed by atoms with van der Waals surface area (Å²) in [5, 5.41) is 8.26. The summed E-state index contributed by atoms with van der Waals surface area (Å²) in [5.74, 6) is -2.71. The van der Waals surface area contributed by atoms with E-state index < -0.39 is 11.7 Å².